The summed E-state index contributed by atoms with van der Waals surface area (Å²) in [6.07, 6.45) is 14.1. The summed E-state index contributed by atoms with van der Waals surface area (Å²) in [7, 11) is 0. The summed E-state index contributed by atoms with van der Waals surface area (Å²) in [5.74, 6) is 1.06. The zero-order valence-electron chi connectivity index (χ0n) is 38.5. The van der Waals surface area contributed by atoms with Crippen LogP contribution in [0.3, 0.4) is 0 Å². The van der Waals surface area contributed by atoms with Crippen molar-refractivity contribution in [2.24, 2.45) is 0 Å². The normalized spacial score (nSPS) is 19.2. The molecule has 4 atom stereocenters. The molecule has 0 bridgehead atoms. The number of hydrogen-bond acceptors (Lipinski definition) is 2. The number of rotatable bonds is 9. The first-order valence-corrected chi connectivity index (χ1v) is 24.6. The summed E-state index contributed by atoms with van der Waals surface area (Å²) in [5, 5.41) is 0. The Balaban J connectivity index is 0.905. The fourth-order valence-electron chi connectivity index (χ4n) is 12.3. The molecule has 69 heavy (non-hydrogen) atoms. The average Bonchev–Trinajstić information content (AvgIpc) is 3.92. The van der Waals surface area contributed by atoms with Gasteiger partial charge in [-0.05, 0) is 123 Å². The molecular formula is C67H52N2. The molecule has 9 aromatic carbocycles. The molecule has 0 N–H and O–H groups in total. The van der Waals surface area contributed by atoms with Gasteiger partial charge in [-0.1, -0.05) is 218 Å². The maximum Gasteiger partial charge on any atom is 0.0714 e. The predicted octanol–water partition coefficient (Wildman–Crippen LogP) is 16.8. The van der Waals surface area contributed by atoms with E-state index in [0.717, 1.165) is 24.2 Å². The first-order valence-electron chi connectivity index (χ1n) is 24.6. The zero-order chi connectivity index (χ0) is 45.7. The highest BCUT2D eigenvalue weighted by Crippen LogP contribution is 2.57. The van der Waals surface area contributed by atoms with Crippen LogP contribution in [0.5, 0.6) is 0 Å². The van der Waals surface area contributed by atoms with Crippen molar-refractivity contribution >= 4 is 22.7 Å². The maximum atomic E-state index is 2.54. The Labute approximate surface area is 406 Å². The monoisotopic (exact) mass is 884 g/mol. The number of nitrogens with zero attached hydrogens (tertiary/aromatic N) is 2. The number of fused-ring (bicyclic) bond motifs is 6. The highest BCUT2D eigenvalue weighted by molar-refractivity contribution is 5.89. The summed E-state index contributed by atoms with van der Waals surface area (Å²) < 4.78 is 0. The van der Waals surface area contributed by atoms with Crippen LogP contribution in [0.15, 0.2) is 273 Å². The molecule has 0 radical (unpaired) electrons. The fourth-order valence-corrected chi connectivity index (χ4v) is 12.3. The Kier molecular flexibility index (Phi) is 10.2. The Morgan fingerprint density at radius 1 is 0.449 bits per heavy atom. The molecular weight excluding hydrogens is 833 g/mol. The van der Waals surface area contributed by atoms with Crippen molar-refractivity contribution in [1.29, 1.82) is 0 Å². The van der Waals surface area contributed by atoms with Crippen molar-refractivity contribution in [2.45, 2.75) is 42.1 Å². The zero-order valence-corrected chi connectivity index (χ0v) is 38.5. The highest BCUT2D eigenvalue weighted by Gasteiger charge is 2.46. The SMILES string of the molecule is C1=CC(c2ccccc2)CC=C1N(c1cccc(-c2cccc(C3C=CC4C(C3)c3ccccc3N4c3ccccc3)c2)c1)c1ccc2c(c1)C(c1ccccc1)(c1ccccc1)c1ccccc1-2. The van der Waals surface area contributed by atoms with Gasteiger partial charge in [0, 0.05) is 46.2 Å². The third-order valence-corrected chi connectivity index (χ3v) is 15.4. The Morgan fingerprint density at radius 3 is 1.83 bits per heavy atom. The molecule has 1 aliphatic heterocycles. The van der Waals surface area contributed by atoms with Gasteiger partial charge in [-0.3, -0.25) is 0 Å². The number of benzene rings is 9. The van der Waals surface area contributed by atoms with Gasteiger partial charge in [0.15, 0.2) is 0 Å². The van der Waals surface area contributed by atoms with Crippen LogP contribution >= 0.6 is 0 Å². The number of para-hydroxylation sites is 2. The molecule has 4 unspecified atom stereocenters. The first kappa shape index (κ1) is 41.0. The highest BCUT2D eigenvalue weighted by atomic mass is 15.2. The van der Waals surface area contributed by atoms with Gasteiger partial charge >= 0.3 is 0 Å². The summed E-state index contributed by atoms with van der Waals surface area (Å²) in [5.41, 5.74) is 19.9. The number of allylic oxidation sites excluding steroid dienone is 4. The van der Waals surface area contributed by atoms with Gasteiger partial charge in [-0.2, -0.15) is 0 Å². The molecule has 2 heteroatoms. The molecule has 3 aliphatic carbocycles. The van der Waals surface area contributed by atoms with Crippen LogP contribution in [-0.4, -0.2) is 6.04 Å². The van der Waals surface area contributed by atoms with Crippen LogP contribution in [0.25, 0.3) is 22.3 Å². The number of hydrogen-bond donors (Lipinski definition) is 0. The third-order valence-electron chi connectivity index (χ3n) is 15.4. The lowest BCUT2D eigenvalue weighted by Crippen LogP contribution is -2.31. The van der Waals surface area contributed by atoms with Crippen LogP contribution in [0.4, 0.5) is 22.7 Å². The van der Waals surface area contributed by atoms with Crippen molar-refractivity contribution in [1.82, 2.24) is 0 Å². The van der Waals surface area contributed by atoms with E-state index in [4.69, 9.17) is 0 Å². The largest absolute Gasteiger partial charge is 0.334 e. The summed E-state index contributed by atoms with van der Waals surface area (Å²) in [6.45, 7) is 0. The van der Waals surface area contributed by atoms with Gasteiger partial charge in [-0.15, -0.1) is 0 Å². The van der Waals surface area contributed by atoms with E-state index < -0.39 is 5.41 Å². The van der Waals surface area contributed by atoms with Gasteiger partial charge < -0.3 is 9.80 Å². The molecule has 0 aromatic heterocycles. The second-order valence-electron chi connectivity index (χ2n) is 19.1. The van der Waals surface area contributed by atoms with Crippen LogP contribution in [-0.2, 0) is 5.41 Å². The lowest BCUT2D eigenvalue weighted by Gasteiger charge is -2.35. The van der Waals surface area contributed by atoms with E-state index in [9.17, 15) is 0 Å². The Hall–Kier alpha value is -8.20. The molecule has 2 nitrogen and oxygen atoms in total. The summed E-state index contributed by atoms with van der Waals surface area (Å²) >= 11 is 0. The van der Waals surface area contributed by atoms with E-state index in [2.05, 4.69) is 277 Å². The van der Waals surface area contributed by atoms with E-state index in [1.54, 1.807) is 0 Å². The van der Waals surface area contributed by atoms with Crippen LogP contribution in [0.1, 0.15) is 69.5 Å². The van der Waals surface area contributed by atoms with Gasteiger partial charge in [0.25, 0.3) is 0 Å². The molecule has 9 aromatic rings. The fraction of sp³-hybridized carbons (Fsp3) is 0.104. The van der Waals surface area contributed by atoms with Crippen LogP contribution in [0.2, 0.25) is 0 Å². The van der Waals surface area contributed by atoms with E-state index >= 15 is 0 Å². The van der Waals surface area contributed by atoms with Crippen molar-refractivity contribution in [2.75, 3.05) is 9.80 Å². The molecule has 0 saturated carbocycles. The molecule has 0 fully saturated rings. The molecule has 0 saturated heterocycles. The van der Waals surface area contributed by atoms with Gasteiger partial charge in [0.1, 0.15) is 0 Å². The summed E-state index contributed by atoms with van der Waals surface area (Å²) in [4.78, 5) is 5.04. The topological polar surface area (TPSA) is 6.48 Å². The summed E-state index contributed by atoms with van der Waals surface area (Å²) in [6, 6.07) is 88.2. The first-order chi connectivity index (χ1) is 34.2. The Bertz CT molecular complexity index is 3380. The second-order valence-corrected chi connectivity index (χ2v) is 19.1. The average molecular weight is 885 g/mol. The van der Waals surface area contributed by atoms with E-state index in [-0.39, 0.29) is 0 Å². The molecule has 1 heterocycles. The standard InChI is InChI=1S/C67H52N2/c1-5-19-47(20-6-1)48-35-38-56(39-36-48)68(58-40-41-60-59-31-13-15-33-63(59)67(64(60)46-58,53-24-7-2-8-25-53)54-26-9-3-10-27-54)57-30-18-23-51(44-57)49-21-17-22-50(43-49)52-37-42-66-62(45-52)61-32-14-16-34-65(61)69(66)55-28-11-4-12-29-55/h1-35,37-44,46,48,52,62,66H,36,45H2. The molecule has 4 aliphatic rings. The molecule has 0 amide bonds. The predicted molar refractivity (Wildman–Crippen MR) is 287 cm³/mol. The van der Waals surface area contributed by atoms with Crippen molar-refractivity contribution in [3.05, 3.63) is 312 Å². The van der Waals surface area contributed by atoms with Crippen LogP contribution < -0.4 is 9.80 Å². The van der Waals surface area contributed by atoms with Gasteiger partial charge in [0.05, 0.1) is 11.5 Å². The minimum absolute atomic E-state index is 0.303. The van der Waals surface area contributed by atoms with Crippen molar-refractivity contribution in [3.8, 4) is 22.3 Å². The smallest absolute Gasteiger partial charge is 0.0714 e. The second kappa shape index (κ2) is 17.1. The quantitative estimate of drug-likeness (QED) is 0.133. The Morgan fingerprint density at radius 2 is 1.07 bits per heavy atom. The molecule has 13 rings (SSSR count). The molecule has 330 valence electrons. The minimum atomic E-state index is -0.498. The van der Waals surface area contributed by atoms with E-state index in [1.807, 2.05) is 0 Å². The van der Waals surface area contributed by atoms with Crippen LogP contribution in [0, 0.1) is 0 Å². The van der Waals surface area contributed by atoms with Crippen molar-refractivity contribution < 1.29 is 0 Å². The lowest BCUT2D eigenvalue weighted by molar-refractivity contribution is 0.533. The third kappa shape index (κ3) is 6.93. The van der Waals surface area contributed by atoms with E-state index in [0.29, 0.717) is 23.8 Å². The molecule has 0 spiro atoms. The lowest BCUT2D eigenvalue weighted by atomic mass is 9.67. The number of anilines is 4. The maximum absolute atomic E-state index is 2.54. The van der Waals surface area contributed by atoms with E-state index in [1.165, 1.54) is 78.3 Å². The van der Waals surface area contributed by atoms with Gasteiger partial charge in [0.2, 0.25) is 0 Å². The minimum Gasteiger partial charge on any atom is -0.334 e. The van der Waals surface area contributed by atoms with Gasteiger partial charge in [-0.25, -0.2) is 0 Å². The van der Waals surface area contributed by atoms with Crippen molar-refractivity contribution in [3.63, 3.8) is 0 Å².